The van der Waals surface area contributed by atoms with Crippen LogP contribution in [0.5, 0.6) is 0 Å². The van der Waals surface area contributed by atoms with E-state index in [-0.39, 0.29) is 38.0 Å². The maximum absolute atomic E-state index is 15.0. The molecule has 12 heteroatoms. The maximum atomic E-state index is 15.0. The number of rotatable bonds is 11. The highest BCUT2D eigenvalue weighted by Gasteiger charge is 2.32. The summed E-state index contributed by atoms with van der Waals surface area (Å²) in [7, 11) is 0. The second kappa shape index (κ2) is 12.5. The predicted octanol–water partition coefficient (Wildman–Crippen LogP) is 2.18. The lowest BCUT2D eigenvalue weighted by molar-refractivity contribution is -0.122. The standard InChI is InChI=1S/C27H31FN6O5/c1-3-22(36)10-20-14-33(32-31-20)16-26(37)30-12-18-4-6-19(7-5-18)24-9-8-21(11-25(24)28)34-15-23(39-27(34)38)13-29-17(2)35/h4-9,11,14,22-23,36H,3,10,12-13,15-16H2,1-2H3,(H,29,35)(H,30,37). The highest BCUT2D eigenvalue weighted by Crippen LogP contribution is 2.29. The molecule has 2 atom stereocenters. The van der Waals surface area contributed by atoms with Crippen molar-refractivity contribution in [3.63, 3.8) is 0 Å². The van der Waals surface area contributed by atoms with E-state index in [4.69, 9.17) is 4.74 Å². The van der Waals surface area contributed by atoms with Crippen molar-refractivity contribution in [2.45, 2.75) is 52.0 Å². The number of nitrogens with zero attached hydrogens (tertiary/aromatic N) is 4. The Bertz CT molecular complexity index is 1330. The van der Waals surface area contributed by atoms with Crippen LogP contribution in [0.1, 0.15) is 31.5 Å². The number of halogens is 1. The van der Waals surface area contributed by atoms with Crippen LogP contribution in [0.4, 0.5) is 14.9 Å². The molecule has 1 fully saturated rings. The smallest absolute Gasteiger partial charge is 0.414 e. The van der Waals surface area contributed by atoms with Crippen LogP contribution < -0.4 is 15.5 Å². The minimum Gasteiger partial charge on any atom is -0.442 e. The molecule has 2 aromatic carbocycles. The number of hydrogen-bond acceptors (Lipinski definition) is 7. The molecule has 0 saturated carbocycles. The first-order chi connectivity index (χ1) is 18.7. The summed E-state index contributed by atoms with van der Waals surface area (Å²) in [5.41, 5.74) is 2.84. The molecule has 1 aliphatic heterocycles. The number of aliphatic hydroxyl groups excluding tert-OH is 1. The van der Waals surface area contributed by atoms with Gasteiger partial charge < -0.3 is 20.5 Å². The van der Waals surface area contributed by atoms with E-state index in [9.17, 15) is 19.5 Å². The van der Waals surface area contributed by atoms with Crippen molar-refractivity contribution < 1.29 is 28.6 Å². The molecule has 2 unspecified atom stereocenters. The third-order valence-corrected chi connectivity index (χ3v) is 6.28. The van der Waals surface area contributed by atoms with Gasteiger partial charge in [-0.25, -0.2) is 13.9 Å². The number of anilines is 1. The van der Waals surface area contributed by atoms with Crippen molar-refractivity contribution in [3.8, 4) is 11.1 Å². The molecule has 3 amide bonds. The van der Waals surface area contributed by atoms with Crippen LogP contribution in [0.25, 0.3) is 11.1 Å². The lowest BCUT2D eigenvalue weighted by Gasteiger charge is -2.15. The number of nitrogens with one attached hydrogen (secondary N) is 2. The zero-order chi connectivity index (χ0) is 27.9. The van der Waals surface area contributed by atoms with Gasteiger partial charge in [0.2, 0.25) is 11.8 Å². The number of aliphatic hydroxyl groups is 1. The summed E-state index contributed by atoms with van der Waals surface area (Å²) in [5.74, 6) is -0.961. The van der Waals surface area contributed by atoms with Crippen LogP contribution in [-0.4, -0.2) is 63.3 Å². The molecule has 1 aliphatic rings. The van der Waals surface area contributed by atoms with E-state index in [0.29, 0.717) is 35.3 Å². The molecule has 11 nitrogen and oxygen atoms in total. The molecule has 0 bridgehead atoms. The Kier molecular flexibility index (Phi) is 8.87. The number of benzene rings is 2. The maximum Gasteiger partial charge on any atom is 0.414 e. The van der Waals surface area contributed by atoms with Crippen LogP contribution in [-0.2, 0) is 33.8 Å². The first-order valence-electron chi connectivity index (χ1n) is 12.7. The Labute approximate surface area is 224 Å². The Balaban J connectivity index is 1.31. The van der Waals surface area contributed by atoms with Crippen molar-refractivity contribution >= 4 is 23.6 Å². The van der Waals surface area contributed by atoms with Crippen LogP contribution in [0.15, 0.2) is 48.7 Å². The van der Waals surface area contributed by atoms with Gasteiger partial charge in [0.15, 0.2) is 0 Å². The summed E-state index contributed by atoms with van der Waals surface area (Å²) in [5, 5.41) is 23.0. The van der Waals surface area contributed by atoms with Crippen molar-refractivity contribution in [3.05, 3.63) is 65.7 Å². The van der Waals surface area contributed by atoms with Gasteiger partial charge in [-0.2, -0.15) is 0 Å². The molecule has 39 heavy (non-hydrogen) atoms. The van der Waals surface area contributed by atoms with Gasteiger partial charge in [0.25, 0.3) is 0 Å². The van der Waals surface area contributed by atoms with Gasteiger partial charge in [0.05, 0.1) is 30.6 Å². The van der Waals surface area contributed by atoms with Crippen molar-refractivity contribution in [2.24, 2.45) is 0 Å². The second-order valence-corrected chi connectivity index (χ2v) is 9.36. The molecule has 0 radical (unpaired) electrons. The minimum atomic E-state index is -0.594. The van der Waals surface area contributed by atoms with Gasteiger partial charge >= 0.3 is 6.09 Å². The zero-order valence-corrected chi connectivity index (χ0v) is 21.8. The first kappa shape index (κ1) is 27.7. The fourth-order valence-electron chi connectivity index (χ4n) is 4.10. The molecular formula is C27H31FN6O5. The van der Waals surface area contributed by atoms with Crippen molar-refractivity contribution in [2.75, 3.05) is 18.0 Å². The average Bonchev–Trinajstić information content (AvgIpc) is 3.51. The number of carbonyl (C=O) groups excluding carboxylic acids is 3. The van der Waals surface area contributed by atoms with Crippen LogP contribution >= 0.6 is 0 Å². The van der Waals surface area contributed by atoms with Crippen LogP contribution in [0.3, 0.4) is 0 Å². The normalized spacial score (nSPS) is 15.6. The van der Waals surface area contributed by atoms with E-state index in [1.54, 1.807) is 42.6 Å². The molecule has 3 N–H and O–H groups in total. The largest absolute Gasteiger partial charge is 0.442 e. The van der Waals surface area contributed by atoms with Gasteiger partial charge in [-0.15, -0.1) is 5.10 Å². The Morgan fingerprint density at radius 1 is 1.21 bits per heavy atom. The second-order valence-electron chi connectivity index (χ2n) is 9.36. The molecule has 3 aromatic rings. The number of cyclic esters (lactones) is 1. The van der Waals surface area contributed by atoms with E-state index in [1.807, 2.05) is 6.92 Å². The van der Waals surface area contributed by atoms with E-state index in [1.165, 1.54) is 22.6 Å². The Morgan fingerprint density at radius 2 is 1.97 bits per heavy atom. The number of amides is 3. The average molecular weight is 539 g/mol. The SMILES string of the molecule is CCC(O)Cc1cn(CC(=O)NCc2ccc(-c3ccc(N4CC(CNC(C)=O)OC4=O)cc3F)cc2)nn1. The minimum absolute atomic E-state index is 0.00338. The third kappa shape index (κ3) is 7.38. The molecular weight excluding hydrogens is 507 g/mol. The molecule has 4 rings (SSSR count). The van der Waals surface area contributed by atoms with Crippen LogP contribution in [0.2, 0.25) is 0 Å². The molecule has 0 aliphatic carbocycles. The molecule has 2 heterocycles. The van der Waals surface area contributed by atoms with Gasteiger partial charge in [0.1, 0.15) is 18.5 Å². The summed E-state index contributed by atoms with van der Waals surface area (Å²) in [6, 6.07) is 11.6. The van der Waals surface area contributed by atoms with Gasteiger partial charge in [-0.05, 0) is 35.7 Å². The van der Waals surface area contributed by atoms with E-state index >= 15 is 4.39 Å². The van der Waals surface area contributed by atoms with Gasteiger partial charge in [-0.1, -0.05) is 36.4 Å². The Morgan fingerprint density at radius 3 is 2.67 bits per heavy atom. The fourth-order valence-corrected chi connectivity index (χ4v) is 4.10. The quantitative estimate of drug-likeness (QED) is 0.340. The summed E-state index contributed by atoms with van der Waals surface area (Å²) in [4.78, 5) is 36.9. The summed E-state index contributed by atoms with van der Waals surface area (Å²) < 4.78 is 21.7. The summed E-state index contributed by atoms with van der Waals surface area (Å²) in [6.45, 7) is 3.94. The molecule has 0 spiro atoms. The monoisotopic (exact) mass is 538 g/mol. The fraction of sp³-hybridized carbons (Fsp3) is 0.370. The number of carbonyl (C=O) groups is 3. The van der Waals surface area contributed by atoms with Crippen molar-refractivity contribution in [1.82, 2.24) is 25.6 Å². The van der Waals surface area contributed by atoms with Crippen molar-refractivity contribution in [1.29, 1.82) is 0 Å². The number of aromatic nitrogens is 3. The predicted molar refractivity (Wildman–Crippen MR) is 140 cm³/mol. The molecule has 1 aromatic heterocycles. The lowest BCUT2D eigenvalue weighted by Crippen LogP contribution is -2.33. The lowest BCUT2D eigenvalue weighted by atomic mass is 10.0. The van der Waals surface area contributed by atoms with Gasteiger partial charge in [0, 0.05) is 31.6 Å². The molecule has 1 saturated heterocycles. The highest BCUT2D eigenvalue weighted by atomic mass is 19.1. The zero-order valence-electron chi connectivity index (χ0n) is 21.8. The topological polar surface area (TPSA) is 139 Å². The first-order valence-corrected chi connectivity index (χ1v) is 12.7. The summed E-state index contributed by atoms with van der Waals surface area (Å²) >= 11 is 0. The van der Waals surface area contributed by atoms with E-state index < -0.39 is 24.1 Å². The van der Waals surface area contributed by atoms with E-state index in [0.717, 1.165) is 5.56 Å². The third-order valence-electron chi connectivity index (χ3n) is 6.28. The Hall–Kier alpha value is -4.32. The summed E-state index contributed by atoms with van der Waals surface area (Å²) in [6.07, 6.45) is 1.05. The number of hydrogen-bond donors (Lipinski definition) is 3. The van der Waals surface area contributed by atoms with Crippen LogP contribution in [0, 0.1) is 5.82 Å². The van der Waals surface area contributed by atoms with Gasteiger partial charge in [-0.3, -0.25) is 14.5 Å². The van der Waals surface area contributed by atoms with E-state index in [2.05, 4.69) is 20.9 Å². The highest BCUT2D eigenvalue weighted by molar-refractivity contribution is 5.90. The molecule has 206 valence electrons. The number of ether oxygens (including phenoxy) is 1.